The second-order valence-electron chi connectivity index (χ2n) is 6.14. The molecule has 5 nitrogen and oxygen atoms in total. The van der Waals surface area contributed by atoms with Gasteiger partial charge in [0.2, 0.25) is 5.91 Å². The highest BCUT2D eigenvalue weighted by Gasteiger charge is 2.34. The SMILES string of the molecule is O=C(CN1C[C@H](O)C[C@H]1c1cc(F)ccc1F)NCc1cccnc1. The molecule has 1 aliphatic rings. The molecule has 0 spiro atoms. The van der Waals surface area contributed by atoms with Crippen LogP contribution in [-0.4, -0.2) is 40.1 Å². The minimum atomic E-state index is -0.682. The average Bonchev–Trinajstić information content (AvgIpc) is 2.96. The van der Waals surface area contributed by atoms with Gasteiger partial charge in [-0.1, -0.05) is 6.07 Å². The van der Waals surface area contributed by atoms with Gasteiger partial charge in [-0.05, 0) is 36.2 Å². The molecule has 2 heterocycles. The number of nitrogens with zero attached hydrogens (tertiary/aromatic N) is 2. The van der Waals surface area contributed by atoms with Gasteiger partial charge in [0, 0.05) is 37.1 Å². The molecule has 1 saturated heterocycles. The second-order valence-corrected chi connectivity index (χ2v) is 6.14. The van der Waals surface area contributed by atoms with Crippen LogP contribution in [0.4, 0.5) is 8.78 Å². The number of hydrogen-bond donors (Lipinski definition) is 2. The molecular formula is C18H19F2N3O2. The Kier molecular flexibility index (Phi) is 5.35. The van der Waals surface area contributed by atoms with Gasteiger partial charge >= 0.3 is 0 Å². The number of aromatic nitrogens is 1. The zero-order valence-corrected chi connectivity index (χ0v) is 13.5. The summed E-state index contributed by atoms with van der Waals surface area (Å²) in [6.07, 6.45) is 2.88. The van der Waals surface area contributed by atoms with Gasteiger partial charge in [0.15, 0.2) is 0 Å². The molecule has 2 atom stereocenters. The van der Waals surface area contributed by atoms with Gasteiger partial charge < -0.3 is 10.4 Å². The highest BCUT2D eigenvalue weighted by atomic mass is 19.1. The maximum atomic E-state index is 14.0. The van der Waals surface area contributed by atoms with Gasteiger partial charge in [-0.3, -0.25) is 14.7 Å². The Hall–Kier alpha value is -2.38. The topological polar surface area (TPSA) is 65.5 Å². The lowest BCUT2D eigenvalue weighted by atomic mass is 10.0. The number of aliphatic hydroxyl groups is 1. The average molecular weight is 347 g/mol. The zero-order chi connectivity index (χ0) is 17.8. The third-order valence-corrected chi connectivity index (χ3v) is 4.26. The van der Waals surface area contributed by atoms with E-state index in [0.29, 0.717) is 6.54 Å². The Morgan fingerprint density at radius 3 is 2.96 bits per heavy atom. The first kappa shape index (κ1) is 17.4. The summed E-state index contributed by atoms with van der Waals surface area (Å²) in [7, 11) is 0. The smallest absolute Gasteiger partial charge is 0.234 e. The molecular weight excluding hydrogens is 328 g/mol. The molecule has 0 unspecified atom stereocenters. The fourth-order valence-corrected chi connectivity index (χ4v) is 3.09. The molecule has 1 fully saturated rings. The zero-order valence-electron chi connectivity index (χ0n) is 13.5. The third kappa shape index (κ3) is 4.37. The van der Waals surface area contributed by atoms with E-state index in [1.54, 1.807) is 23.4 Å². The summed E-state index contributed by atoms with van der Waals surface area (Å²) >= 11 is 0. The summed E-state index contributed by atoms with van der Waals surface area (Å²) in [5, 5.41) is 12.7. The number of carbonyl (C=O) groups is 1. The molecule has 2 aromatic rings. The lowest BCUT2D eigenvalue weighted by molar-refractivity contribution is -0.122. The largest absolute Gasteiger partial charge is 0.392 e. The molecule has 3 rings (SSSR count). The number of amides is 1. The quantitative estimate of drug-likeness (QED) is 0.865. The van der Waals surface area contributed by atoms with E-state index in [1.807, 2.05) is 6.07 Å². The van der Waals surface area contributed by atoms with Gasteiger partial charge in [-0.2, -0.15) is 0 Å². The molecule has 0 bridgehead atoms. The summed E-state index contributed by atoms with van der Waals surface area (Å²) in [4.78, 5) is 17.8. The normalized spacial score (nSPS) is 20.6. The minimum absolute atomic E-state index is 0.00204. The predicted octanol–water partition coefficient (Wildman–Crippen LogP) is 1.78. The van der Waals surface area contributed by atoms with Crippen LogP contribution >= 0.6 is 0 Å². The van der Waals surface area contributed by atoms with Crippen LogP contribution in [-0.2, 0) is 11.3 Å². The van der Waals surface area contributed by atoms with E-state index >= 15 is 0 Å². The number of likely N-dealkylation sites (tertiary alicyclic amines) is 1. The number of aliphatic hydroxyl groups excluding tert-OH is 1. The Bertz CT molecular complexity index is 742. The van der Waals surface area contributed by atoms with Crippen molar-refractivity contribution in [2.24, 2.45) is 0 Å². The van der Waals surface area contributed by atoms with Gasteiger partial charge in [0.25, 0.3) is 0 Å². The number of pyridine rings is 1. The molecule has 1 amide bonds. The summed E-state index contributed by atoms with van der Waals surface area (Å²) in [6, 6.07) is 6.33. The fourth-order valence-electron chi connectivity index (χ4n) is 3.09. The van der Waals surface area contributed by atoms with Gasteiger partial charge in [0.05, 0.1) is 12.6 Å². The first-order valence-electron chi connectivity index (χ1n) is 8.05. The van der Waals surface area contributed by atoms with Crippen molar-refractivity contribution in [3.05, 3.63) is 65.5 Å². The van der Waals surface area contributed by atoms with E-state index < -0.39 is 23.8 Å². The summed E-state index contributed by atoms with van der Waals surface area (Å²) in [5.74, 6) is -1.33. The van der Waals surface area contributed by atoms with Crippen molar-refractivity contribution in [1.82, 2.24) is 15.2 Å². The maximum Gasteiger partial charge on any atom is 0.234 e. The van der Waals surface area contributed by atoms with Gasteiger partial charge in [-0.25, -0.2) is 8.78 Å². The van der Waals surface area contributed by atoms with Crippen LogP contribution in [0.3, 0.4) is 0 Å². The summed E-state index contributed by atoms with van der Waals surface area (Å²) in [5.41, 5.74) is 1.03. The highest BCUT2D eigenvalue weighted by Crippen LogP contribution is 2.33. The van der Waals surface area contributed by atoms with E-state index in [0.717, 1.165) is 23.8 Å². The first-order valence-corrected chi connectivity index (χ1v) is 8.05. The number of β-amino-alcohol motifs (C(OH)–C–C–N with tert-alkyl or cyclic N) is 1. The molecule has 0 saturated carbocycles. The van der Waals surface area contributed by atoms with Crippen LogP contribution in [0.5, 0.6) is 0 Å². The van der Waals surface area contributed by atoms with Crippen LogP contribution < -0.4 is 5.32 Å². The van der Waals surface area contributed by atoms with Crippen molar-refractivity contribution in [3.8, 4) is 0 Å². The molecule has 132 valence electrons. The lowest BCUT2D eigenvalue weighted by Crippen LogP contribution is -2.37. The van der Waals surface area contributed by atoms with Gasteiger partial charge in [-0.15, -0.1) is 0 Å². The van der Waals surface area contributed by atoms with Gasteiger partial charge in [0.1, 0.15) is 11.6 Å². The van der Waals surface area contributed by atoms with Crippen molar-refractivity contribution in [2.75, 3.05) is 13.1 Å². The Balaban J connectivity index is 1.65. The molecule has 2 N–H and O–H groups in total. The monoisotopic (exact) mass is 347 g/mol. The number of rotatable bonds is 5. The molecule has 1 aliphatic heterocycles. The Morgan fingerprint density at radius 1 is 1.36 bits per heavy atom. The van der Waals surface area contributed by atoms with Crippen molar-refractivity contribution >= 4 is 5.91 Å². The molecule has 1 aromatic heterocycles. The van der Waals surface area contributed by atoms with Crippen LogP contribution in [0.25, 0.3) is 0 Å². The number of halogens is 2. The first-order chi connectivity index (χ1) is 12.0. The standard InChI is InChI=1S/C18H19F2N3O2/c19-13-3-4-16(20)15(6-13)17-7-14(24)10-23(17)11-18(25)22-9-12-2-1-5-21-8-12/h1-6,8,14,17,24H,7,9-11H2,(H,22,25)/t14-,17+/m1/s1. The fraction of sp³-hybridized carbons (Fsp3) is 0.333. The van der Waals surface area contributed by atoms with Crippen LogP contribution in [0.1, 0.15) is 23.6 Å². The second kappa shape index (κ2) is 7.67. The van der Waals surface area contributed by atoms with Crippen molar-refractivity contribution in [3.63, 3.8) is 0 Å². The summed E-state index contributed by atoms with van der Waals surface area (Å²) < 4.78 is 27.5. The van der Waals surface area contributed by atoms with Crippen LogP contribution in [0.15, 0.2) is 42.7 Å². The molecule has 25 heavy (non-hydrogen) atoms. The van der Waals surface area contributed by atoms with Crippen molar-refractivity contribution in [1.29, 1.82) is 0 Å². The number of nitrogens with one attached hydrogen (secondary N) is 1. The molecule has 0 radical (unpaired) electrons. The number of benzene rings is 1. The van der Waals surface area contributed by atoms with E-state index in [1.165, 1.54) is 0 Å². The molecule has 1 aromatic carbocycles. The van der Waals surface area contributed by atoms with Crippen LogP contribution in [0.2, 0.25) is 0 Å². The van der Waals surface area contributed by atoms with E-state index in [2.05, 4.69) is 10.3 Å². The maximum absolute atomic E-state index is 14.0. The number of carbonyl (C=O) groups excluding carboxylic acids is 1. The third-order valence-electron chi connectivity index (χ3n) is 4.26. The summed E-state index contributed by atoms with van der Waals surface area (Å²) in [6.45, 7) is 0.570. The van der Waals surface area contributed by atoms with Crippen LogP contribution in [0, 0.1) is 11.6 Å². The van der Waals surface area contributed by atoms with E-state index in [9.17, 15) is 18.7 Å². The Morgan fingerprint density at radius 2 is 2.20 bits per heavy atom. The van der Waals surface area contributed by atoms with Crippen molar-refractivity contribution < 1.29 is 18.7 Å². The van der Waals surface area contributed by atoms with Crippen molar-refractivity contribution in [2.45, 2.75) is 25.1 Å². The molecule has 0 aliphatic carbocycles. The highest BCUT2D eigenvalue weighted by molar-refractivity contribution is 5.78. The minimum Gasteiger partial charge on any atom is -0.392 e. The Labute approximate surface area is 144 Å². The molecule has 7 heteroatoms. The lowest BCUT2D eigenvalue weighted by Gasteiger charge is -2.24. The van der Waals surface area contributed by atoms with E-state index in [4.69, 9.17) is 0 Å². The number of hydrogen-bond acceptors (Lipinski definition) is 4. The predicted molar refractivity (Wildman–Crippen MR) is 87.4 cm³/mol. The van der Waals surface area contributed by atoms with E-state index in [-0.39, 0.29) is 31.0 Å².